The Kier molecular flexibility index (Phi) is 7.61. The van der Waals surface area contributed by atoms with Gasteiger partial charge in [-0.3, -0.25) is 0 Å². The molecule has 0 saturated heterocycles. The molecule has 2 heteroatoms. The Balaban J connectivity index is 1.17. The SMILES string of the molecule is c1ccc(N(c2ccc(-c3cccc4c3oc3ccccc34)cc2)c2cccc3ccccc23)c(-c2cccc3cccc(C4CCCCC4)c23)c1. The third kappa shape index (κ3) is 5.17. The molecule has 9 aromatic rings. The third-order valence-electron chi connectivity index (χ3n) is 11.3. The van der Waals surface area contributed by atoms with E-state index in [1.54, 1.807) is 0 Å². The number of anilines is 3. The molecule has 0 N–H and O–H groups in total. The summed E-state index contributed by atoms with van der Waals surface area (Å²) in [5.41, 5.74) is 11.5. The van der Waals surface area contributed by atoms with Gasteiger partial charge in [-0.1, -0.05) is 159 Å². The van der Waals surface area contributed by atoms with Crippen LogP contribution >= 0.6 is 0 Å². The smallest absolute Gasteiger partial charge is 0.143 e. The first-order chi connectivity index (χ1) is 25.8. The average Bonchev–Trinajstić information content (AvgIpc) is 3.61. The summed E-state index contributed by atoms with van der Waals surface area (Å²) < 4.78 is 6.45. The zero-order valence-corrected chi connectivity index (χ0v) is 29.1. The molecule has 0 unspecified atom stereocenters. The molecule has 1 heterocycles. The molecule has 0 spiro atoms. The molecule has 8 aromatic carbocycles. The lowest BCUT2D eigenvalue weighted by molar-refractivity contribution is 0.445. The first kappa shape index (κ1) is 30.7. The Bertz CT molecular complexity index is 2720. The Labute approximate surface area is 304 Å². The zero-order chi connectivity index (χ0) is 34.4. The second kappa shape index (κ2) is 12.9. The quantitative estimate of drug-likeness (QED) is 0.175. The number of fused-ring (bicyclic) bond motifs is 5. The molecule has 250 valence electrons. The zero-order valence-electron chi connectivity index (χ0n) is 29.1. The molecule has 0 aliphatic heterocycles. The van der Waals surface area contributed by atoms with Crippen molar-refractivity contribution in [2.75, 3.05) is 4.90 Å². The minimum absolute atomic E-state index is 0.601. The highest BCUT2D eigenvalue weighted by atomic mass is 16.3. The second-order valence-corrected chi connectivity index (χ2v) is 14.3. The lowest BCUT2D eigenvalue weighted by atomic mass is 9.80. The number of rotatable bonds is 6. The van der Waals surface area contributed by atoms with Crippen molar-refractivity contribution in [3.05, 3.63) is 175 Å². The molecule has 10 rings (SSSR count). The fourth-order valence-corrected chi connectivity index (χ4v) is 8.82. The van der Waals surface area contributed by atoms with Crippen molar-refractivity contribution >= 4 is 60.5 Å². The van der Waals surface area contributed by atoms with Crippen molar-refractivity contribution in [3.8, 4) is 22.3 Å². The summed E-state index contributed by atoms with van der Waals surface area (Å²) in [5.74, 6) is 0.601. The van der Waals surface area contributed by atoms with Crippen LogP contribution in [0.3, 0.4) is 0 Å². The van der Waals surface area contributed by atoms with Gasteiger partial charge < -0.3 is 9.32 Å². The summed E-state index contributed by atoms with van der Waals surface area (Å²) in [6.45, 7) is 0. The van der Waals surface area contributed by atoms with Crippen molar-refractivity contribution in [2.45, 2.75) is 38.0 Å². The van der Waals surface area contributed by atoms with Crippen LogP contribution < -0.4 is 4.90 Å². The number of hydrogen-bond donors (Lipinski definition) is 0. The molecular weight excluding hydrogens is 631 g/mol. The highest BCUT2D eigenvalue weighted by molar-refractivity contribution is 6.10. The molecule has 1 saturated carbocycles. The van der Waals surface area contributed by atoms with Gasteiger partial charge >= 0.3 is 0 Å². The van der Waals surface area contributed by atoms with Crippen LogP contribution in [0.15, 0.2) is 174 Å². The van der Waals surface area contributed by atoms with E-state index in [0.29, 0.717) is 5.92 Å². The summed E-state index contributed by atoms with van der Waals surface area (Å²) in [4.78, 5) is 2.46. The molecule has 52 heavy (non-hydrogen) atoms. The van der Waals surface area contributed by atoms with Crippen LogP contribution in [0.25, 0.3) is 65.7 Å². The van der Waals surface area contributed by atoms with Gasteiger partial charge in [0.1, 0.15) is 11.2 Å². The van der Waals surface area contributed by atoms with E-state index in [4.69, 9.17) is 4.42 Å². The summed E-state index contributed by atoms with van der Waals surface area (Å²) in [7, 11) is 0. The minimum Gasteiger partial charge on any atom is -0.455 e. The van der Waals surface area contributed by atoms with Crippen molar-refractivity contribution in [2.24, 2.45) is 0 Å². The first-order valence-electron chi connectivity index (χ1n) is 18.7. The van der Waals surface area contributed by atoms with Gasteiger partial charge in [0.05, 0.1) is 11.4 Å². The van der Waals surface area contributed by atoms with Crippen LogP contribution in [0, 0.1) is 0 Å². The van der Waals surface area contributed by atoms with Gasteiger partial charge in [0.25, 0.3) is 0 Å². The molecule has 1 fully saturated rings. The Morgan fingerprint density at radius 3 is 1.94 bits per heavy atom. The number of nitrogens with zero attached hydrogens (tertiary/aromatic N) is 1. The molecular formula is C50H39NO. The molecule has 1 aliphatic rings. The predicted octanol–water partition coefficient (Wildman–Crippen LogP) is 14.7. The van der Waals surface area contributed by atoms with Crippen LogP contribution in [0.5, 0.6) is 0 Å². The number of benzene rings is 8. The van der Waals surface area contributed by atoms with Crippen LogP contribution in [-0.4, -0.2) is 0 Å². The maximum Gasteiger partial charge on any atom is 0.143 e. The van der Waals surface area contributed by atoms with Crippen molar-refractivity contribution < 1.29 is 4.42 Å². The van der Waals surface area contributed by atoms with Gasteiger partial charge in [0.2, 0.25) is 0 Å². The lowest BCUT2D eigenvalue weighted by Crippen LogP contribution is -2.12. The molecule has 0 bridgehead atoms. The maximum atomic E-state index is 6.45. The Hall–Kier alpha value is -6.12. The summed E-state index contributed by atoms with van der Waals surface area (Å²) in [5, 5.41) is 7.45. The number of para-hydroxylation sites is 3. The maximum absolute atomic E-state index is 6.45. The highest BCUT2D eigenvalue weighted by Gasteiger charge is 2.23. The minimum atomic E-state index is 0.601. The molecule has 0 amide bonds. The summed E-state index contributed by atoms with van der Waals surface area (Å²) in [6, 6.07) is 62.0. The molecule has 1 aromatic heterocycles. The van der Waals surface area contributed by atoms with E-state index in [2.05, 4.69) is 169 Å². The van der Waals surface area contributed by atoms with Crippen molar-refractivity contribution in [1.29, 1.82) is 0 Å². The largest absolute Gasteiger partial charge is 0.455 e. The van der Waals surface area contributed by atoms with Crippen LogP contribution in [0.2, 0.25) is 0 Å². The second-order valence-electron chi connectivity index (χ2n) is 14.3. The fraction of sp³-hybridized carbons (Fsp3) is 0.120. The topological polar surface area (TPSA) is 16.4 Å². The standard InChI is InChI=1S/C50H39NO/c1-2-14-35(15-3-1)40-23-10-18-37-19-11-25-44(49(37)40)42-21-6-8-27-47(42)51(46-28-12-17-34-16-4-5-20-39(34)46)38-32-30-36(31-33-38)41-24-13-26-45-43-22-7-9-29-48(43)52-50(41)45/h4-13,16-33,35H,1-3,14-15H2. The number of furan rings is 1. The normalized spacial score (nSPS) is 13.7. The molecule has 0 radical (unpaired) electrons. The van der Waals surface area contributed by atoms with Gasteiger partial charge in [-0.2, -0.15) is 0 Å². The summed E-state index contributed by atoms with van der Waals surface area (Å²) >= 11 is 0. The molecule has 0 atom stereocenters. The van der Waals surface area contributed by atoms with Gasteiger partial charge in [-0.05, 0) is 81.9 Å². The van der Waals surface area contributed by atoms with Gasteiger partial charge in [-0.25, -0.2) is 0 Å². The van der Waals surface area contributed by atoms with Crippen molar-refractivity contribution in [1.82, 2.24) is 0 Å². The van der Waals surface area contributed by atoms with Crippen LogP contribution in [0.1, 0.15) is 43.6 Å². The van der Waals surface area contributed by atoms with Crippen LogP contribution in [0.4, 0.5) is 17.1 Å². The van der Waals surface area contributed by atoms with Gasteiger partial charge in [-0.15, -0.1) is 0 Å². The van der Waals surface area contributed by atoms with E-state index in [0.717, 1.165) is 50.1 Å². The first-order valence-corrected chi connectivity index (χ1v) is 18.7. The summed E-state index contributed by atoms with van der Waals surface area (Å²) in [6.07, 6.45) is 6.52. The van der Waals surface area contributed by atoms with E-state index in [1.165, 1.54) is 70.3 Å². The van der Waals surface area contributed by atoms with E-state index in [1.807, 2.05) is 6.07 Å². The van der Waals surface area contributed by atoms with E-state index >= 15 is 0 Å². The fourth-order valence-electron chi connectivity index (χ4n) is 8.82. The van der Waals surface area contributed by atoms with E-state index in [9.17, 15) is 0 Å². The van der Waals surface area contributed by atoms with Crippen LogP contribution in [-0.2, 0) is 0 Å². The Morgan fingerprint density at radius 1 is 0.442 bits per heavy atom. The average molecular weight is 670 g/mol. The molecule has 2 nitrogen and oxygen atoms in total. The van der Waals surface area contributed by atoms with Gasteiger partial charge in [0.15, 0.2) is 0 Å². The Morgan fingerprint density at radius 2 is 1.06 bits per heavy atom. The van der Waals surface area contributed by atoms with Gasteiger partial charge in [0, 0.05) is 33.0 Å². The molecule has 1 aliphatic carbocycles. The van der Waals surface area contributed by atoms with E-state index < -0.39 is 0 Å². The monoisotopic (exact) mass is 669 g/mol. The third-order valence-corrected chi connectivity index (χ3v) is 11.3. The van der Waals surface area contributed by atoms with Crippen molar-refractivity contribution in [3.63, 3.8) is 0 Å². The number of hydrogen-bond acceptors (Lipinski definition) is 2. The predicted molar refractivity (Wildman–Crippen MR) is 220 cm³/mol. The van der Waals surface area contributed by atoms with E-state index in [-0.39, 0.29) is 0 Å². The lowest BCUT2D eigenvalue weighted by Gasteiger charge is -2.30. The highest BCUT2D eigenvalue weighted by Crippen LogP contribution is 2.47.